The molecule has 3 atom stereocenters. The predicted octanol–water partition coefficient (Wildman–Crippen LogP) is 2.30. The van der Waals surface area contributed by atoms with Crippen LogP contribution in [0, 0.1) is 11.3 Å². The van der Waals surface area contributed by atoms with Crippen molar-refractivity contribution in [2.24, 2.45) is 17.1 Å². The maximum atomic E-state index is 11.8. The van der Waals surface area contributed by atoms with Crippen LogP contribution in [-0.4, -0.2) is 18.0 Å². The Bertz CT molecular complexity index is 220. The van der Waals surface area contributed by atoms with E-state index in [1.807, 2.05) is 27.7 Å². The van der Waals surface area contributed by atoms with Crippen LogP contribution < -0.4 is 11.1 Å². The van der Waals surface area contributed by atoms with E-state index in [-0.39, 0.29) is 17.4 Å². The highest BCUT2D eigenvalue weighted by molar-refractivity contribution is 5.82. The minimum absolute atomic E-state index is 0.0386. The highest BCUT2D eigenvalue weighted by atomic mass is 16.2. The fraction of sp³-hybridized carbons (Fsp3) is 0.923. The van der Waals surface area contributed by atoms with Crippen molar-refractivity contribution in [2.45, 2.75) is 66.5 Å². The van der Waals surface area contributed by atoms with Crippen molar-refractivity contribution in [3.8, 4) is 0 Å². The van der Waals surface area contributed by atoms with Crippen molar-refractivity contribution in [3.05, 3.63) is 0 Å². The second-order valence-corrected chi connectivity index (χ2v) is 6.00. The Labute approximate surface area is 100 Å². The number of amides is 1. The Hall–Kier alpha value is -0.570. The molecule has 0 aliphatic carbocycles. The lowest BCUT2D eigenvalue weighted by Gasteiger charge is -2.28. The van der Waals surface area contributed by atoms with Crippen molar-refractivity contribution in [1.82, 2.24) is 5.32 Å². The molecule has 0 radical (unpaired) electrons. The molecule has 0 heterocycles. The second kappa shape index (κ2) is 6.24. The van der Waals surface area contributed by atoms with E-state index < -0.39 is 6.04 Å². The smallest absolute Gasteiger partial charge is 0.237 e. The van der Waals surface area contributed by atoms with Crippen LogP contribution in [0.1, 0.15) is 54.4 Å². The average molecular weight is 228 g/mol. The molecule has 16 heavy (non-hydrogen) atoms. The van der Waals surface area contributed by atoms with E-state index in [4.69, 9.17) is 5.73 Å². The number of hydrogen-bond donors (Lipinski definition) is 2. The first-order chi connectivity index (χ1) is 7.18. The number of nitrogens with one attached hydrogen (secondary N) is 1. The van der Waals surface area contributed by atoms with Crippen molar-refractivity contribution >= 4 is 5.91 Å². The number of nitrogens with two attached hydrogens (primary N) is 1. The van der Waals surface area contributed by atoms with Crippen LogP contribution in [0.15, 0.2) is 0 Å². The van der Waals surface area contributed by atoms with Gasteiger partial charge in [-0.2, -0.15) is 0 Å². The van der Waals surface area contributed by atoms with Crippen LogP contribution in [-0.2, 0) is 4.79 Å². The van der Waals surface area contributed by atoms with Crippen molar-refractivity contribution in [3.63, 3.8) is 0 Å². The van der Waals surface area contributed by atoms with Crippen LogP contribution in [0.2, 0.25) is 0 Å². The van der Waals surface area contributed by atoms with Gasteiger partial charge in [0.1, 0.15) is 0 Å². The summed E-state index contributed by atoms with van der Waals surface area (Å²) in [5, 5.41) is 2.99. The number of carbonyl (C=O) groups is 1. The van der Waals surface area contributed by atoms with Gasteiger partial charge >= 0.3 is 0 Å². The van der Waals surface area contributed by atoms with Crippen molar-refractivity contribution in [1.29, 1.82) is 0 Å². The molecular weight excluding hydrogens is 200 g/mol. The van der Waals surface area contributed by atoms with Crippen molar-refractivity contribution < 1.29 is 4.79 Å². The first kappa shape index (κ1) is 15.4. The summed E-state index contributed by atoms with van der Waals surface area (Å²) in [6.45, 7) is 12.4. The van der Waals surface area contributed by atoms with Gasteiger partial charge < -0.3 is 11.1 Å². The minimum atomic E-state index is -0.438. The third-order valence-electron chi connectivity index (χ3n) is 3.06. The topological polar surface area (TPSA) is 55.1 Å². The van der Waals surface area contributed by atoms with Crippen LogP contribution in [0.25, 0.3) is 0 Å². The highest BCUT2D eigenvalue weighted by Crippen LogP contribution is 2.18. The van der Waals surface area contributed by atoms with Gasteiger partial charge in [-0.1, -0.05) is 41.0 Å². The molecule has 0 fully saturated rings. The van der Waals surface area contributed by atoms with Gasteiger partial charge in [-0.25, -0.2) is 0 Å². The van der Waals surface area contributed by atoms with E-state index >= 15 is 0 Å². The summed E-state index contributed by atoms with van der Waals surface area (Å²) in [5.74, 6) is 0.601. The lowest BCUT2D eigenvalue weighted by Crippen LogP contribution is -2.51. The fourth-order valence-corrected chi connectivity index (χ4v) is 1.56. The lowest BCUT2D eigenvalue weighted by molar-refractivity contribution is -0.125. The fourth-order valence-electron chi connectivity index (χ4n) is 1.56. The largest absolute Gasteiger partial charge is 0.352 e. The number of carbonyl (C=O) groups excluding carboxylic acids is 1. The molecule has 0 saturated heterocycles. The van der Waals surface area contributed by atoms with E-state index in [0.29, 0.717) is 5.92 Å². The van der Waals surface area contributed by atoms with Crippen LogP contribution in [0.4, 0.5) is 0 Å². The van der Waals surface area contributed by atoms with Gasteiger partial charge in [-0.3, -0.25) is 4.79 Å². The molecule has 1 amide bonds. The molecule has 0 aliphatic rings. The molecule has 0 rings (SSSR count). The summed E-state index contributed by atoms with van der Waals surface area (Å²) < 4.78 is 0. The molecule has 0 aliphatic heterocycles. The Morgan fingerprint density at radius 3 is 2.19 bits per heavy atom. The van der Waals surface area contributed by atoms with Gasteiger partial charge in [-0.05, 0) is 24.7 Å². The van der Waals surface area contributed by atoms with E-state index in [1.54, 1.807) is 0 Å². The van der Waals surface area contributed by atoms with E-state index in [2.05, 4.69) is 19.2 Å². The molecule has 0 saturated carbocycles. The zero-order valence-electron chi connectivity index (χ0n) is 11.6. The first-order valence-electron chi connectivity index (χ1n) is 6.24. The van der Waals surface area contributed by atoms with Crippen molar-refractivity contribution in [2.75, 3.05) is 0 Å². The molecule has 3 heteroatoms. The van der Waals surface area contributed by atoms with E-state index in [1.165, 1.54) is 0 Å². The SMILES string of the molecule is CCC(C)CC(C)NC(=O)C(N)C(C)(C)C. The van der Waals surface area contributed by atoms with Gasteiger partial charge in [0.2, 0.25) is 5.91 Å². The second-order valence-electron chi connectivity index (χ2n) is 6.00. The summed E-state index contributed by atoms with van der Waals surface area (Å²) in [7, 11) is 0. The summed E-state index contributed by atoms with van der Waals surface area (Å²) in [5.41, 5.74) is 5.71. The van der Waals surface area contributed by atoms with Crippen LogP contribution in [0.3, 0.4) is 0 Å². The third kappa shape index (κ3) is 5.50. The van der Waals surface area contributed by atoms with Gasteiger partial charge in [0.25, 0.3) is 0 Å². The van der Waals surface area contributed by atoms with Crippen LogP contribution in [0.5, 0.6) is 0 Å². The predicted molar refractivity (Wildman–Crippen MR) is 69.1 cm³/mol. The Balaban J connectivity index is 4.14. The summed E-state index contributed by atoms with van der Waals surface area (Å²) in [6.07, 6.45) is 2.16. The highest BCUT2D eigenvalue weighted by Gasteiger charge is 2.28. The Morgan fingerprint density at radius 1 is 1.31 bits per heavy atom. The molecule has 0 aromatic rings. The Morgan fingerprint density at radius 2 is 1.81 bits per heavy atom. The molecule has 0 aromatic heterocycles. The quantitative estimate of drug-likeness (QED) is 0.758. The van der Waals surface area contributed by atoms with Gasteiger partial charge in [0.15, 0.2) is 0 Å². The molecule has 0 spiro atoms. The third-order valence-corrected chi connectivity index (χ3v) is 3.06. The summed E-state index contributed by atoms with van der Waals surface area (Å²) in [4.78, 5) is 11.8. The standard InChI is InChI=1S/C13H28N2O/c1-7-9(2)8-10(3)15-12(16)11(14)13(4,5)6/h9-11H,7-8,14H2,1-6H3,(H,15,16). The molecule has 3 nitrogen and oxygen atoms in total. The molecule has 0 aromatic carbocycles. The van der Waals surface area contributed by atoms with Crippen LogP contribution >= 0.6 is 0 Å². The normalized spacial score (nSPS) is 17.7. The average Bonchev–Trinajstić information content (AvgIpc) is 2.14. The maximum absolute atomic E-state index is 11.8. The number of rotatable bonds is 5. The molecule has 96 valence electrons. The molecule has 3 N–H and O–H groups in total. The van der Waals surface area contributed by atoms with E-state index in [9.17, 15) is 4.79 Å². The molecule has 0 bridgehead atoms. The first-order valence-corrected chi connectivity index (χ1v) is 6.24. The summed E-state index contributed by atoms with van der Waals surface area (Å²) in [6, 6.07) is -0.234. The van der Waals surface area contributed by atoms with Gasteiger partial charge in [0, 0.05) is 6.04 Å². The molecule has 3 unspecified atom stereocenters. The monoisotopic (exact) mass is 228 g/mol. The maximum Gasteiger partial charge on any atom is 0.237 e. The van der Waals surface area contributed by atoms with E-state index in [0.717, 1.165) is 12.8 Å². The Kier molecular flexibility index (Phi) is 6.01. The molecular formula is C13H28N2O. The number of hydrogen-bond acceptors (Lipinski definition) is 2. The summed E-state index contributed by atoms with van der Waals surface area (Å²) >= 11 is 0. The van der Waals surface area contributed by atoms with Gasteiger partial charge in [-0.15, -0.1) is 0 Å². The zero-order chi connectivity index (χ0) is 12.9. The zero-order valence-corrected chi connectivity index (χ0v) is 11.6. The minimum Gasteiger partial charge on any atom is -0.352 e. The lowest BCUT2D eigenvalue weighted by atomic mass is 9.86. The van der Waals surface area contributed by atoms with Gasteiger partial charge in [0.05, 0.1) is 6.04 Å².